The first-order chi connectivity index (χ1) is 8.65. The Labute approximate surface area is 131 Å². The van der Waals surface area contributed by atoms with Crippen LogP contribution in [-0.2, 0) is 0 Å². The van der Waals surface area contributed by atoms with Crippen LogP contribution in [-0.4, -0.2) is 0 Å². The molecule has 0 amide bonds. The second kappa shape index (κ2) is 5.14. The lowest BCUT2D eigenvalue weighted by molar-refractivity contribution is 1.23. The minimum absolute atomic E-state index is 0.164. The van der Waals surface area contributed by atoms with Gasteiger partial charge in [0.15, 0.2) is 0 Å². The molecule has 18 heavy (non-hydrogen) atoms. The molecule has 0 radical (unpaired) electrons. The predicted octanol–water partition coefficient (Wildman–Crippen LogP) is 6.75. The van der Waals surface area contributed by atoms with E-state index in [0.717, 1.165) is 5.56 Å². The molecule has 0 aliphatic heterocycles. The molecule has 0 saturated carbocycles. The van der Waals surface area contributed by atoms with Crippen molar-refractivity contribution in [2.75, 3.05) is 0 Å². The summed E-state index contributed by atoms with van der Waals surface area (Å²) in [6, 6.07) is 10.1. The van der Waals surface area contributed by atoms with E-state index in [2.05, 4.69) is 33.4 Å². The molecule has 0 fully saturated rings. The molecule has 2 aromatic heterocycles. The average Bonchev–Trinajstić information content (AvgIpc) is 2.92. The van der Waals surface area contributed by atoms with Crippen LogP contribution >= 0.6 is 61.8 Å². The highest BCUT2D eigenvalue weighted by atomic mass is 79.9. The number of hydrogen-bond donors (Lipinski definition) is 0. The Hall–Kier alpha value is -0.0600. The van der Waals surface area contributed by atoms with E-state index in [4.69, 9.17) is 23.2 Å². The predicted molar refractivity (Wildman–Crippen MR) is 86.9 cm³/mol. The summed E-state index contributed by atoms with van der Waals surface area (Å²) in [5, 5.41) is 3.30. The third kappa shape index (κ3) is 2.35. The molecule has 3 rings (SSSR count). The molecule has 3 aromatic rings. The lowest BCUT2D eigenvalue weighted by atomic mass is 10.1. The van der Waals surface area contributed by atoms with Crippen LogP contribution in [0.1, 0.15) is 15.3 Å². The van der Waals surface area contributed by atoms with Crippen LogP contribution in [0.25, 0.3) is 9.40 Å². The van der Waals surface area contributed by atoms with E-state index < -0.39 is 0 Å². The molecule has 0 aliphatic carbocycles. The van der Waals surface area contributed by atoms with Crippen molar-refractivity contribution in [3.05, 3.63) is 56.2 Å². The van der Waals surface area contributed by atoms with Gasteiger partial charge < -0.3 is 0 Å². The van der Waals surface area contributed by atoms with Crippen LogP contribution in [0.3, 0.4) is 0 Å². The van der Waals surface area contributed by atoms with Gasteiger partial charge in [0.1, 0.15) is 0 Å². The van der Waals surface area contributed by atoms with Crippen LogP contribution in [0.4, 0.5) is 0 Å². The Morgan fingerprint density at radius 1 is 1.00 bits per heavy atom. The summed E-state index contributed by atoms with van der Waals surface area (Å²) >= 11 is 19.3. The highest BCUT2D eigenvalue weighted by Crippen LogP contribution is 2.41. The lowest BCUT2D eigenvalue weighted by Crippen LogP contribution is -1.89. The van der Waals surface area contributed by atoms with Crippen molar-refractivity contribution in [3.8, 4) is 0 Å². The summed E-state index contributed by atoms with van der Waals surface area (Å²) in [4.78, 5) is 1.45. The van der Waals surface area contributed by atoms with E-state index in [-0.39, 0.29) is 4.83 Å². The van der Waals surface area contributed by atoms with Crippen LogP contribution in [0.5, 0.6) is 0 Å². The first-order valence-corrected chi connectivity index (χ1v) is 8.58. The molecule has 0 bridgehead atoms. The van der Waals surface area contributed by atoms with E-state index in [1.807, 2.05) is 18.2 Å². The molecule has 1 aromatic carbocycles. The van der Waals surface area contributed by atoms with Gasteiger partial charge in [-0.15, -0.1) is 22.7 Å². The molecule has 5 heteroatoms. The van der Waals surface area contributed by atoms with Crippen molar-refractivity contribution < 1.29 is 0 Å². The summed E-state index contributed by atoms with van der Waals surface area (Å²) in [5.41, 5.74) is 1.12. The van der Waals surface area contributed by atoms with Crippen LogP contribution in [0.2, 0.25) is 10.0 Å². The molecule has 2 heterocycles. The van der Waals surface area contributed by atoms with Gasteiger partial charge in [-0.3, -0.25) is 0 Å². The highest BCUT2D eigenvalue weighted by molar-refractivity contribution is 9.09. The molecule has 1 atom stereocenters. The van der Waals surface area contributed by atoms with Gasteiger partial charge in [0.05, 0.1) is 14.9 Å². The first kappa shape index (κ1) is 12.9. The van der Waals surface area contributed by atoms with Gasteiger partial charge >= 0.3 is 0 Å². The summed E-state index contributed by atoms with van der Waals surface area (Å²) < 4.78 is 2.67. The lowest BCUT2D eigenvalue weighted by Gasteiger charge is -2.08. The number of rotatable bonds is 2. The molecule has 0 nitrogen and oxygen atoms in total. The first-order valence-electron chi connectivity index (χ1n) is 5.21. The zero-order valence-electron chi connectivity index (χ0n) is 8.99. The minimum atomic E-state index is 0.164. The zero-order valence-corrected chi connectivity index (χ0v) is 13.7. The van der Waals surface area contributed by atoms with E-state index in [9.17, 15) is 0 Å². The third-order valence-corrected chi connectivity index (χ3v) is 6.87. The quantitative estimate of drug-likeness (QED) is 0.433. The van der Waals surface area contributed by atoms with E-state index >= 15 is 0 Å². The smallest absolute Gasteiger partial charge is 0.0739 e. The summed E-state index contributed by atoms with van der Waals surface area (Å²) in [5.74, 6) is 0. The van der Waals surface area contributed by atoms with Gasteiger partial charge in [0.2, 0.25) is 0 Å². The maximum absolute atomic E-state index is 6.06. The Balaban J connectivity index is 2.00. The fraction of sp³-hybridized carbons (Fsp3) is 0.0769. The fourth-order valence-corrected chi connectivity index (χ4v) is 4.87. The Morgan fingerprint density at radius 2 is 1.83 bits per heavy atom. The van der Waals surface area contributed by atoms with Crippen LogP contribution < -0.4 is 0 Å². The number of halogens is 3. The fourth-order valence-electron chi connectivity index (χ4n) is 1.74. The number of benzene rings is 1. The summed E-state index contributed by atoms with van der Waals surface area (Å²) in [6.07, 6.45) is 0. The Bertz CT molecular complexity index is 673. The van der Waals surface area contributed by atoms with Crippen molar-refractivity contribution >= 4 is 71.2 Å². The second-order valence-electron chi connectivity index (χ2n) is 3.83. The van der Waals surface area contributed by atoms with Gasteiger partial charge in [-0.25, -0.2) is 0 Å². The molecule has 0 N–H and O–H groups in total. The summed E-state index contributed by atoms with van der Waals surface area (Å²) in [6.45, 7) is 0. The van der Waals surface area contributed by atoms with Crippen molar-refractivity contribution in [3.63, 3.8) is 0 Å². The molecule has 0 aliphatic rings. The van der Waals surface area contributed by atoms with Crippen molar-refractivity contribution in [1.29, 1.82) is 0 Å². The Kier molecular flexibility index (Phi) is 3.70. The van der Waals surface area contributed by atoms with Crippen molar-refractivity contribution in [1.82, 2.24) is 0 Å². The SMILES string of the molecule is Clc1ccc(C(Br)c2cc3sccc3s2)cc1Cl. The molecule has 0 saturated heterocycles. The number of thiophene rings is 2. The maximum Gasteiger partial charge on any atom is 0.0739 e. The van der Waals surface area contributed by atoms with Gasteiger partial charge in [0, 0.05) is 14.3 Å². The Morgan fingerprint density at radius 3 is 2.56 bits per heavy atom. The largest absolute Gasteiger partial charge is 0.143 e. The van der Waals surface area contributed by atoms with Gasteiger partial charge in [-0.1, -0.05) is 45.2 Å². The van der Waals surface area contributed by atoms with Crippen molar-refractivity contribution in [2.45, 2.75) is 4.83 Å². The van der Waals surface area contributed by atoms with Gasteiger partial charge in [-0.2, -0.15) is 0 Å². The van der Waals surface area contributed by atoms with Gasteiger partial charge in [0.25, 0.3) is 0 Å². The van der Waals surface area contributed by atoms with E-state index in [1.165, 1.54) is 14.3 Å². The topological polar surface area (TPSA) is 0 Å². The van der Waals surface area contributed by atoms with Crippen molar-refractivity contribution in [2.24, 2.45) is 0 Å². The minimum Gasteiger partial charge on any atom is -0.143 e. The molecule has 0 spiro atoms. The zero-order chi connectivity index (χ0) is 12.7. The summed E-state index contributed by atoms with van der Waals surface area (Å²) in [7, 11) is 0. The monoisotopic (exact) mass is 376 g/mol. The number of alkyl halides is 1. The number of hydrogen-bond acceptors (Lipinski definition) is 2. The molecular weight excluding hydrogens is 371 g/mol. The number of fused-ring (bicyclic) bond motifs is 1. The normalized spacial score (nSPS) is 13.1. The average molecular weight is 378 g/mol. The van der Waals surface area contributed by atoms with E-state index in [0.29, 0.717) is 10.0 Å². The van der Waals surface area contributed by atoms with Gasteiger partial charge in [-0.05, 0) is 35.2 Å². The van der Waals surface area contributed by atoms with Crippen LogP contribution in [0, 0.1) is 0 Å². The molecule has 92 valence electrons. The maximum atomic E-state index is 6.06. The molecule has 1 unspecified atom stereocenters. The highest BCUT2D eigenvalue weighted by Gasteiger charge is 2.15. The third-order valence-electron chi connectivity index (χ3n) is 2.64. The second-order valence-corrected chi connectivity index (χ2v) is 7.63. The standard InChI is InChI=1S/C13H7BrCl2S2/c14-13(7-1-2-8(15)9(16)5-7)12-6-11-10(18-12)3-4-17-11/h1-6,13H. The van der Waals surface area contributed by atoms with Crippen LogP contribution in [0.15, 0.2) is 35.7 Å². The van der Waals surface area contributed by atoms with E-state index in [1.54, 1.807) is 22.7 Å². The molecular formula is C13H7BrCl2S2.